The monoisotopic (exact) mass is 650 g/mol. The molecular weight excluding hydrogens is 600 g/mol. The zero-order valence-electron chi connectivity index (χ0n) is 29.2. The normalized spacial score (nSPS) is 28.6. The average Bonchev–Trinajstić information content (AvgIpc) is 3.57. The van der Waals surface area contributed by atoms with Gasteiger partial charge in [-0.2, -0.15) is 0 Å². The molecule has 5 rings (SSSR count). The maximum absolute atomic E-state index is 14.5. The summed E-state index contributed by atoms with van der Waals surface area (Å²) >= 11 is 0. The number of hydrogen-bond donors (Lipinski definition) is 1. The van der Waals surface area contributed by atoms with Crippen molar-refractivity contribution in [1.29, 1.82) is 0 Å². The molecule has 47 heavy (non-hydrogen) atoms. The van der Waals surface area contributed by atoms with E-state index in [-0.39, 0.29) is 12.5 Å². The highest BCUT2D eigenvalue weighted by Gasteiger charge is 2.56. The van der Waals surface area contributed by atoms with Gasteiger partial charge in [0.1, 0.15) is 40.8 Å². The quantitative estimate of drug-likeness (QED) is 0.393. The second-order valence-corrected chi connectivity index (χ2v) is 15.2. The molecule has 3 heterocycles. The van der Waals surface area contributed by atoms with Crippen LogP contribution in [0.5, 0.6) is 11.6 Å². The zero-order valence-corrected chi connectivity index (χ0v) is 29.2. The van der Waals surface area contributed by atoms with Gasteiger partial charge < -0.3 is 29.2 Å². The van der Waals surface area contributed by atoms with Crippen LogP contribution in [-0.2, 0) is 19.1 Å². The summed E-state index contributed by atoms with van der Waals surface area (Å²) in [4.78, 5) is 52.9. The standard InChI is InChI=1S/C36H50N4O7/c1-10-36-19-22(36)14-12-11-13-15-25-30(38-26-18-23(44-9)16-17-24(26)37-25)45-27-20-40(28(21(27)2)32(42)46-35(6,7)8)31(41)29(34(3,4)5)39-33(43)47-36/h13,15-18,21-22,27-29H,10-12,14,19-20H2,1-9H3,(H,39,43). The third kappa shape index (κ3) is 7.49. The molecule has 2 fully saturated rings. The number of carbonyl (C=O) groups excluding carboxylic acids is 3. The lowest BCUT2D eigenvalue weighted by Gasteiger charge is -2.36. The molecule has 11 nitrogen and oxygen atoms in total. The Bertz CT molecular complexity index is 1540. The van der Waals surface area contributed by atoms with Crippen LogP contribution in [0.3, 0.4) is 0 Å². The minimum absolute atomic E-state index is 0.0785. The number of nitrogens with zero attached hydrogens (tertiary/aromatic N) is 3. The minimum atomic E-state index is -0.970. The van der Waals surface area contributed by atoms with Crippen molar-refractivity contribution >= 4 is 35.1 Å². The Hall–Kier alpha value is -3.89. The molecule has 2 aliphatic heterocycles. The first-order valence-electron chi connectivity index (χ1n) is 16.8. The van der Waals surface area contributed by atoms with Crippen LogP contribution in [0.25, 0.3) is 17.1 Å². The SMILES string of the molecule is CCC12CC1CCCC=Cc1nc3ccc(OC)cc3nc1OC1CN(C(=O)C(C(C)(C)C)NC(=O)O2)C(C(=O)OC(C)(C)C)C1C. The number of allylic oxidation sites excluding steroid dienone is 1. The molecule has 1 aromatic carbocycles. The van der Waals surface area contributed by atoms with Gasteiger partial charge in [-0.05, 0) is 76.5 Å². The maximum atomic E-state index is 14.5. The van der Waals surface area contributed by atoms with E-state index in [1.54, 1.807) is 33.9 Å². The molecule has 11 heteroatoms. The molecule has 1 saturated carbocycles. The van der Waals surface area contributed by atoms with Crippen LogP contribution in [0.4, 0.5) is 4.79 Å². The molecule has 1 aliphatic carbocycles. The highest BCUT2D eigenvalue weighted by atomic mass is 16.6. The first-order chi connectivity index (χ1) is 22.0. The van der Waals surface area contributed by atoms with Crippen molar-refractivity contribution < 1.29 is 33.3 Å². The average molecular weight is 651 g/mol. The van der Waals surface area contributed by atoms with Crippen LogP contribution >= 0.6 is 0 Å². The fraction of sp³-hybridized carbons (Fsp3) is 0.639. The lowest BCUT2D eigenvalue weighted by Crippen LogP contribution is -2.58. The van der Waals surface area contributed by atoms with Crippen molar-refractivity contribution in [3.05, 3.63) is 30.0 Å². The Morgan fingerprint density at radius 3 is 2.53 bits per heavy atom. The molecule has 1 saturated heterocycles. The molecular formula is C36H50N4O7. The van der Waals surface area contributed by atoms with E-state index in [0.717, 1.165) is 25.7 Å². The smallest absolute Gasteiger partial charge is 0.408 e. The summed E-state index contributed by atoms with van der Waals surface area (Å²) in [6.07, 6.45) is 6.85. The Kier molecular flexibility index (Phi) is 9.50. The number of amides is 2. The van der Waals surface area contributed by atoms with Gasteiger partial charge in [0.2, 0.25) is 11.8 Å². The van der Waals surface area contributed by atoms with Crippen molar-refractivity contribution in [1.82, 2.24) is 20.2 Å². The van der Waals surface area contributed by atoms with Crippen molar-refractivity contribution in [3.63, 3.8) is 0 Å². The first kappa shape index (κ1) is 34.4. The number of aromatic nitrogens is 2. The second-order valence-electron chi connectivity index (χ2n) is 15.2. The molecule has 2 aromatic rings. The summed E-state index contributed by atoms with van der Waals surface area (Å²) < 4.78 is 23.9. The number of fused-ring (bicyclic) bond motifs is 5. The van der Waals surface area contributed by atoms with E-state index in [1.807, 2.05) is 52.8 Å². The van der Waals surface area contributed by atoms with Gasteiger partial charge in [0.15, 0.2) is 0 Å². The number of esters is 1. The third-order valence-electron chi connectivity index (χ3n) is 9.50. The molecule has 2 amide bonds. The number of rotatable bonds is 3. The summed E-state index contributed by atoms with van der Waals surface area (Å²) in [7, 11) is 1.59. The predicted molar refractivity (Wildman–Crippen MR) is 178 cm³/mol. The van der Waals surface area contributed by atoms with Crippen LogP contribution < -0.4 is 14.8 Å². The zero-order chi connectivity index (χ0) is 34.3. The van der Waals surface area contributed by atoms with Crippen LogP contribution in [0, 0.1) is 17.3 Å². The van der Waals surface area contributed by atoms with Gasteiger partial charge in [0.25, 0.3) is 0 Å². The van der Waals surface area contributed by atoms with Gasteiger partial charge in [0.05, 0.1) is 24.7 Å². The highest BCUT2D eigenvalue weighted by molar-refractivity contribution is 5.91. The van der Waals surface area contributed by atoms with Crippen molar-refractivity contribution in [2.45, 2.75) is 117 Å². The largest absolute Gasteiger partial charge is 0.497 e. The highest BCUT2D eigenvalue weighted by Crippen LogP contribution is 2.52. The van der Waals surface area contributed by atoms with Gasteiger partial charge in [0, 0.05) is 17.9 Å². The Balaban J connectivity index is 1.58. The van der Waals surface area contributed by atoms with Gasteiger partial charge in [-0.1, -0.05) is 40.7 Å². The van der Waals surface area contributed by atoms with Crippen LogP contribution in [0.2, 0.25) is 0 Å². The molecule has 1 aromatic heterocycles. The van der Waals surface area contributed by atoms with Crippen LogP contribution in [-0.4, -0.2) is 75.9 Å². The first-order valence-corrected chi connectivity index (χ1v) is 16.8. The van der Waals surface area contributed by atoms with E-state index in [4.69, 9.17) is 28.9 Å². The minimum Gasteiger partial charge on any atom is -0.497 e. The number of nitrogens with one attached hydrogen (secondary N) is 1. The van der Waals surface area contributed by atoms with Crippen LogP contribution in [0.1, 0.15) is 93.2 Å². The number of alkyl carbamates (subject to hydrolysis) is 1. The summed E-state index contributed by atoms with van der Waals surface area (Å²) in [6.45, 7) is 15.0. The Morgan fingerprint density at radius 1 is 1.13 bits per heavy atom. The van der Waals surface area contributed by atoms with E-state index < -0.39 is 58.7 Å². The van der Waals surface area contributed by atoms with Gasteiger partial charge in [-0.25, -0.2) is 19.6 Å². The Morgan fingerprint density at radius 2 is 1.87 bits per heavy atom. The van der Waals surface area contributed by atoms with E-state index in [0.29, 0.717) is 34.8 Å². The molecule has 2 bridgehead atoms. The third-order valence-corrected chi connectivity index (χ3v) is 9.50. The maximum Gasteiger partial charge on any atom is 0.408 e. The number of ether oxygens (including phenoxy) is 4. The Labute approximate surface area is 277 Å². The van der Waals surface area contributed by atoms with E-state index >= 15 is 0 Å². The summed E-state index contributed by atoms with van der Waals surface area (Å²) in [6, 6.07) is 3.56. The van der Waals surface area contributed by atoms with Crippen molar-refractivity contribution in [2.24, 2.45) is 17.3 Å². The van der Waals surface area contributed by atoms with Gasteiger partial charge >= 0.3 is 12.1 Å². The van der Waals surface area contributed by atoms with Gasteiger partial charge in [-0.3, -0.25) is 4.79 Å². The summed E-state index contributed by atoms with van der Waals surface area (Å²) in [5.74, 6) is -0.221. The molecule has 256 valence electrons. The van der Waals surface area contributed by atoms with Crippen molar-refractivity contribution in [3.8, 4) is 11.6 Å². The lowest BCUT2D eigenvalue weighted by atomic mass is 9.85. The fourth-order valence-corrected chi connectivity index (χ4v) is 6.71. The number of benzene rings is 1. The molecule has 6 unspecified atom stereocenters. The molecule has 0 radical (unpaired) electrons. The molecule has 6 atom stereocenters. The predicted octanol–water partition coefficient (Wildman–Crippen LogP) is 6.08. The number of methoxy groups -OCH3 is 1. The van der Waals surface area contributed by atoms with E-state index in [1.165, 1.54) is 4.90 Å². The van der Waals surface area contributed by atoms with Crippen LogP contribution in [0.15, 0.2) is 24.3 Å². The number of hydrogen-bond acceptors (Lipinski definition) is 9. The second kappa shape index (κ2) is 13.0. The summed E-state index contributed by atoms with van der Waals surface area (Å²) in [5.41, 5.74) is -0.162. The van der Waals surface area contributed by atoms with E-state index in [2.05, 4.69) is 11.4 Å². The fourth-order valence-electron chi connectivity index (χ4n) is 6.71. The summed E-state index contributed by atoms with van der Waals surface area (Å²) in [5, 5.41) is 2.89. The van der Waals surface area contributed by atoms with Crippen molar-refractivity contribution in [2.75, 3.05) is 13.7 Å². The molecule has 3 aliphatic rings. The molecule has 0 spiro atoms. The van der Waals surface area contributed by atoms with Gasteiger partial charge in [-0.15, -0.1) is 0 Å². The van der Waals surface area contributed by atoms with E-state index in [9.17, 15) is 14.4 Å². The number of carbonyl (C=O) groups is 3. The molecule has 1 N–H and O–H groups in total. The topological polar surface area (TPSA) is 129 Å². The lowest BCUT2D eigenvalue weighted by molar-refractivity contribution is -0.165.